The number of nitrogens with one attached hydrogen (secondary N) is 2. The van der Waals surface area contributed by atoms with E-state index in [-0.39, 0.29) is 5.91 Å². The first-order chi connectivity index (χ1) is 8.22. The lowest BCUT2D eigenvalue weighted by Gasteiger charge is -2.12. The van der Waals surface area contributed by atoms with Crippen LogP contribution < -0.4 is 10.6 Å². The summed E-state index contributed by atoms with van der Waals surface area (Å²) >= 11 is 1.78. The molecule has 0 aromatic heterocycles. The van der Waals surface area contributed by atoms with Crippen LogP contribution in [-0.4, -0.2) is 30.5 Å². The van der Waals surface area contributed by atoms with Crippen LogP contribution in [0.2, 0.25) is 0 Å². The Bertz CT molecular complexity index is 329. The first kappa shape index (κ1) is 14.1. The minimum absolute atomic E-state index is 0.0433. The highest BCUT2D eigenvalue weighted by atomic mass is 32.2. The molecule has 1 amide bonds. The number of carbonyl (C=O) groups excluding carboxylic acids is 1. The average molecular weight is 252 g/mol. The molecule has 0 spiro atoms. The maximum atomic E-state index is 11.5. The molecule has 0 bridgehead atoms. The Morgan fingerprint density at radius 1 is 1.35 bits per heavy atom. The zero-order valence-electron chi connectivity index (χ0n) is 10.4. The zero-order chi connectivity index (χ0) is 12.5. The smallest absolute Gasteiger partial charge is 0.234 e. The average Bonchev–Trinajstić information content (AvgIpc) is 2.35. The number of benzene rings is 1. The summed E-state index contributed by atoms with van der Waals surface area (Å²) in [6.45, 7) is 3.06. The van der Waals surface area contributed by atoms with Crippen LogP contribution in [0.4, 0.5) is 0 Å². The van der Waals surface area contributed by atoms with E-state index in [1.165, 1.54) is 0 Å². The van der Waals surface area contributed by atoms with E-state index in [2.05, 4.69) is 23.8 Å². The molecular formula is C13H20N2OS. The molecule has 0 heterocycles. The van der Waals surface area contributed by atoms with Crippen molar-refractivity contribution in [3.63, 3.8) is 0 Å². The molecule has 1 aromatic rings. The number of carbonyl (C=O) groups is 1. The molecule has 1 atom stereocenters. The molecular weight excluding hydrogens is 232 g/mol. The van der Waals surface area contributed by atoms with Gasteiger partial charge in [0.1, 0.15) is 0 Å². The summed E-state index contributed by atoms with van der Waals surface area (Å²) in [6.07, 6.45) is 2.06. The number of amides is 1. The summed E-state index contributed by atoms with van der Waals surface area (Å²) < 4.78 is 0. The lowest BCUT2D eigenvalue weighted by atomic mass is 10.2. The van der Waals surface area contributed by atoms with E-state index in [0.29, 0.717) is 19.1 Å². The van der Waals surface area contributed by atoms with Crippen LogP contribution in [0.25, 0.3) is 0 Å². The van der Waals surface area contributed by atoms with Gasteiger partial charge < -0.3 is 10.6 Å². The maximum Gasteiger partial charge on any atom is 0.234 e. The van der Waals surface area contributed by atoms with Gasteiger partial charge in [0, 0.05) is 18.3 Å². The fourth-order valence-corrected chi connectivity index (χ4v) is 2.05. The monoisotopic (exact) mass is 252 g/mol. The normalized spacial score (nSPS) is 12.1. The summed E-state index contributed by atoms with van der Waals surface area (Å²) in [5.74, 6) is 1.06. The lowest BCUT2D eigenvalue weighted by Crippen LogP contribution is -2.38. The SMILES string of the molecule is CSCC(C)NCC(=O)NCc1ccccc1. The van der Waals surface area contributed by atoms with Crippen molar-refractivity contribution in [2.24, 2.45) is 0 Å². The third kappa shape index (κ3) is 6.34. The van der Waals surface area contributed by atoms with Crippen LogP contribution in [0.3, 0.4) is 0 Å². The Labute approximate surface area is 107 Å². The molecule has 17 heavy (non-hydrogen) atoms. The predicted octanol–water partition coefficient (Wildman–Crippen LogP) is 1.64. The maximum absolute atomic E-state index is 11.5. The predicted molar refractivity (Wildman–Crippen MR) is 74.1 cm³/mol. The van der Waals surface area contributed by atoms with Gasteiger partial charge >= 0.3 is 0 Å². The molecule has 1 unspecified atom stereocenters. The second-order valence-electron chi connectivity index (χ2n) is 4.00. The highest BCUT2D eigenvalue weighted by molar-refractivity contribution is 7.98. The van der Waals surface area contributed by atoms with E-state index in [4.69, 9.17) is 0 Å². The molecule has 0 saturated heterocycles. The fraction of sp³-hybridized carbons (Fsp3) is 0.462. The Hall–Kier alpha value is -1.00. The number of hydrogen-bond acceptors (Lipinski definition) is 3. The van der Waals surface area contributed by atoms with Crippen LogP contribution in [-0.2, 0) is 11.3 Å². The van der Waals surface area contributed by atoms with Gasteiger partial charge in [0.15, 0.2) is 0 Å². The quantitative estimate of drug-likeness (QED) is 0.775. The molecule has 94 valence electrons. The third-order valence-corrected chi connectivity index (χ3v) is 3.19. The van der Waals surface area contributed by atoms with E-state index in [0.717, 1.165) is 11.3 Å². The van der Waals surface area contributed by atoms with Crippen molar-refractivity contribution < 1.29 is 4.79 Å². The standard InChI is InChI=1S/C13H20N2OS/c1-11(10-17-2)14-9-13(16)15-8-12-6-4-3-5-7-12/h3-7,11,14H,8-10H2,1-2H3,(H,15,16). The van der Waals surface area contributed by atoms with Crippen molar-refractivity contribution in [3.8, 4) is 0 Å². The topological polar surface area (TPSA) is 41.1 Å². The van der Waals surface area contributed by atoms with Gasteiger partial charge in [-0.15, -0.1) is 0 Å². The third-order valence-electron chi connectivity index (χ3n) is 2.36. The summed E-state index contributed by atoms with van der Waals surface area (Å²) in [5, 5.41) is 6.07. The van der Waals surface area contributed by atoms with Gasteiger partial charge in [0.2, 0.25) is 5.91 Å². The van der Waals surface area contributed by atoms with E-state index < -0.39 is 0 Å². The van der Waals surface area contributed by atoms with Crippen LogP contribution in [0, 0.1) is 0 Å². The van der Waals surface area contributed by atoms with E-state index in [9.17, 15) is 4.79 Å². The summed E-state index contributed by atoms with van der Waals surface area (Å²) in [4.78, 5) is 11.5. The molecule has 1 rings (SSSR count). The summed E-state index contributed by atoms with van der Waals surface area (Å²) in [7, 11) is 0. The second kappa shape index (κ2) is 8.14. The molecule has 0 aliphatic carbocycles. The lowest BCUT2D eigenvalue weighted by molar-refractivity contribution is -0.120. The van der Waals surface area contributed by atoms with Crippen LogP contribution in [0.5, 0.6) is 0 Å². The Balaban J connectivity index is 2.17. The van der Waals surface area contributed by atoms with Crippen LogP contribution in [0.1, 0.15) is 12.5 Å². The summed E-state index contributed by atoms with van der Waals surface area (Å²) in [6, 6.07) is 10.3. The van der Waals surface area contributed by atoms with Crippen molar-refractivity contribution >= 4 is 17.7 Å². The molecule has 0 aliphatic heterocycles. The minimum Gasteiger partial charge on any atom is -0.351 e. The number of thioether (sulfide) groups is 1. The molecule has 1 aromatic carbocycles. The van der Waals surface area contributed by atoms with Crippen molar-refractivity contribution in [1.29, 1.82) is 0 Å². The van der Waals surface area contributed by atoms with Gasteiger partial charge in [0.25, 0.3) is 0 Å². The van der Waals surface area contributed by atoms with E-state index >= 15 is 0 Å². The molecule has 0 fully saturated rings. The van der Waals surface area contributed by atoms with Crippen LogP contribution in [0.15, 0.2) is 30.3 Å². The molecule has 0 saturated carbocycles. The molecule has 3 nitrogen and oxygen atoms in total. The van der Waals surface area contributed by atoms with E-state index in [1.54, 1.807) is 11.8 Å². The molecule has 4 heteroatoms. The van der Waals surface area contributed by atoms with Crippen molar-refractivity contribution in [1.82, 2.24) is 10.6 Å². The highest BCUT2D eigenvalue weighted by Crippen LogP contribution is 1.97. The van der Waals surface area contributed by atoms with Gasteiger partial charge in [0.05, 0.1) is 6.54 Å². The molecule has 0 radical (unpaired) electrons. The first-order valence-electron chi connectivity index (χ1n) is 5.75. The van der Waals surface area contributed by atoms with Gasteiger partial charge in [-0.3, -0.25) is 4.79 Å². The van der Waals surface area contributed by atoms with Gasteiger partial charge in [-0.2, -0.15) is 11.8 Å². The van der Waals surface area contributed by atoms with Crippen LogP contribution >= 0.6 is 11.8 Å². The van der Waals surface area contributed by atoms with Crippen molar-refractivity contribution in [2.45, 2.75) is 19.5 Å². The van der Waals surface area contributed by atoms with Gasteiger partial charge in [-0.25, -0.2) is 0 Å². The number of rotatable bonds is 7. The van der Waals surface area contributed by atoms with E-state index in [1.807, 2.05) is 30.3 Å². The Morgan fingerprint density at radius 2 is 2.06 bits per heavy atom. The van der Waals surface area contributed by atoms with Crippen molar-refractivity contribution in [3.05, 3.63) is 35.9 Å². The number of hydrogen-bond donors (Lipinski definition) is 2. The fourth-order valence-electron chi connectivity index (χ4n) is 1.43. The summed E-state index contributed by atoms with van der Waals surface area (Å²) in [5.41, 5.74) is 1.12. The van der Waals surface area contributed by atoms with Gasteiger partial charge in [-0.1, -0.05) is 30.3 Å². The minimum atomic E-state index is 0.0433. The molecule has 2 N–H and O–H groups in total. The molecule has 0 aliphatic rings. The zero-order valence-corrected chi connectivity index (χ0v) is 11.2. The Kier molecular flexibility index (Phi) is 6.74. The van der Waals surface area contributed by atoms with Gasteiger partial charge in [-0.05, 0) is 18.7 Å². The Morgan fingerprint density at radius 3 is 2.71 bits per heavy atom. The van der Waals surface area contributed by atoms with Crippen molar-refractivity contribution in [2.75, 3.05) is 18.6 Å². The first-order valence-corrected chi connectivity index (χ1v) is 7.14. The largest absolute Gasteiger partial charge is 0.351 e. The second-order valence-corrected chi connectivity index (χ2v) is 4.91. The highest BCUT2D eigenvalue weighted by Gasteiger charge is 2.04.